The highest BCUT2D eigenvalue weighted by Crippen LogP contribution is 2.29. The first-order valence-corrected chi connectivity index (χ1v) is 4.76. The van der Waals surface area contributed by atoms with E-state index in [1.54, 1.807) is 11.4 Å². The third-order valence-electron chi connectivity index (χ3n) is 1.69. The quantitative estimate of drug-likeness (QED) is 0.698. The fraction of sp³-hybridized carbons (Fsp3) is 0.250. The van der Waals surface area contributed by atoms with Gasteiger partial charge in [0, 0.05) is 0 Å². The number of aliphatic imine (C=N–C) groups is 1. The predicted molar refractivity (Wildman–Crippen MR) is 46.8 cm³/mol. The molecule has 15 heavy (non-hydrogen) atoms. The maximum atomic E-state index is 12.2. The van der Waals surface area contributed by atoms with Gasteiger partial charge in [0.1, 0.15) is 0 Å². The van der Waals surface area contributed by atoms with Crippen molar-refractivity contribution in [3.8, 4) is 0 Å². The Morgan fingerprint density at radius 3 is 2.67 bits per heavy atom. The minimum atomic E-state index is -4.64. The Morgan fingerprint density at radius 1 is 1.47 bits per heavy atom. The van der Waals surface area contributed by atoms with Crippen LogP contribution in [0.2, 0.25) is 0 Å². The van der Waals surface area contributed by atoms with Crippen LogP contribution in [0.4, 0.5) is 13.2 Å². The molecule has 1 aromatic heterocycles. The molecule has 1 aliphatic rings. The van der Waals surface area contributed by atoms with Gasteiger partial charge in [0.05, 0.1) is 4.88 Å². The molecule has 7 heteroatoms. The molecular weight excluding hydrogens is 231 g/mol. The van der Waals surface area contributed by atoms with Crippen LogP contribution < -0.4 is 0 Å². The molecule has 1 atom stereocenters. The zero-order valence-corrected chi connectivity index (χ0v) is 7.93. The Kier molecular flexibility index (Phi) is 2.26. The van der Waals surface area contributed by atoms with Crippen LogP contribution in [0.3, 0.4) is 0 Å². The van der Waals surface area contributed by atoms with Gasteiger partial charge >= 0.3 is 12.1 Å². The lowest BCUT2D eigenvalue weighted by molar-refractivity contribution is -0.210. The molecule has 3 nitrogen and oxygen atoms in total. The molecule has 0 radical (unpaired) electrons. The van der Waals surface area contributed by atoms with Crippen LogP contribution in [0.25, 0.3) is 0 Å². The van der Waals surface area contributed by atoms with Gasteiger partial charge in [-0.2, -0.15) is 13.2 Å². The van der Waals surface area contributed by atoms with Gasteiger partial charge in [0.15, 0.2) is 5.71 Å². The van der Waals surface area contributed by atoms with E-state index in [2.05, 4.69) is 9.73 Å². The maximum Gasteiger partial charge on any atom is 0.447 e. The Hall–Kier alpha value is -1.37. The number of ether oxygens (including phenoxy) is 1. The molecule has 0 saturated carbocycles. The first kappa shape index (κ1) is 10.2. The van der Waals surface area contributed by atoms with Crippen LogP contribution in [-0.2, 0) is 9.53 Å². The number of alkyl halides is 3. The number of thiophene rings is 1. The smallest absolute Gasteiger partial charge is 0.425 e. The summed E-state index contributed by atoms with van der Waals surface area (Å²) in [6, 6.07) is 3.14. The third-order valence-corrected chi connectivity index (χ3v) is 2.57. The van der Waals surface area contributed by atoms with Crippen molar-refractivity contribution in [3.05, 3.63) is 22.4 Å². The molecule has 0 fully saturated rings. The minimum Gasteiger partial charge on any atom is -0.425 e. The number of esters is 1. The van der Waals surface area contributed by atoms with E-state index in [0.717, 1.165) is 11.3 Å². The topological polar surface area (TPSA) is 38.7 Å². The molecule has 0 aliphatic carbocycles. The van der Waals surface area contributed by atoms with Crippen LogP contribution in [0, 0.1) is 0 Å². The van der Waals surface area contributed by atoms with Crippen LogP contribution in [0.15, 0.2) is 22.5 Å². The summed E-state index contributed by atoms with van der Waals surface area (Å²) in [5.74, 6) is -1.03. The molecule has 0 bridgehead atoms. The van der Waals surface area contributed by atoms with Crippen molar-refractivity contribution in [2.45, 2.75) is 12.4 Å². The molecule has 0 spiro atoms. The summed E-state index contributed by atoms with van der Waals surface area (Å²) in [5, 5.41) is 1.64. The van der Waals surface area contributed by atoms with Crippen molar-refractivity contribution in [1.29, 1.82) is 0 Å². The van der Waals surface area contributed by atoms with Crippen molar-refractivity contribution < 1.29 is 22.7 Å². The normalized spacial score (nSPS) is 21.4. The van der Waals surface area contributed by atoms with Crippen molar-refractivity contribution >= 4 is 23.0 Å². The second-order valence-electron chi connectivity index (χ2n) is 2.75. The lowest BCUT2D eigenvalue weighted by atomic mass is 10.3. The molecule has 1 aliphatic heterocycles. The highest BCUT2D eigenvalue weighted by Gasteiger charge is 2.47. The van der Waals surface area contributed by atoms with Crippen molar-refractivity contribution in [3.63, 3.8) is 0 Å². The third kappa shape index (κ3) is 1.87. The van der Waals surface area contributed by atoms with Gasteiger partial charge in [-0.25, -0.2) is 9.79 Å². The Balaban J connectivity index is 2.31. The fourth-order valence-electron chi connectivity index (χ4n) is 1.07. The summed E-state index contributed by atoms with van der Waals surface area (Å²) in [7, 11) is 0. The van der Waals surface area contributed by atoms with E-state index in [1.165, 1.54) is 6.07 Å². The largest absolute Gasteiger partial charge is 0.447 e. The van der Waals surface area contributed by atoms with E-state index < -0.39 is 18.4 Å². The van der Waals surface area contributed by atoms with Gasteiger partial charge in [-0.15, -0.1) is 11.3 Å². The average Bonchev–Trinajstić information content (AvgIpc) is 2.69. The van der Waals surface area contributed by atoms with Gasteiger partial charge in [-0.3, -0.25) is 0 Å². The van der Waals surface area contributed by atoms with Crippen molar-refractivity contribution in [2.75, 3.05) is 0 Å². The van der Waals surface area contributed by atoms with Crippen molar-refractivity contribution in [1.82, 2.24) is 0 Å². The summed E-state index contributed by atoms with van der Waals surface area (Å²) >= 11 is 1.14. The molecule has 0 amide bonds. The molecule has 0 N–H and O–H groups in total. The molecule has 0 saturated heterocycles. The molecule has 0 aromatic carbocycles. The zero-order chi connectivity index (χ0) is 11.1. The summed E-state index contributed by atoms with van der Waals surface area (Å²) in [5.41, 5.74) is -0.257. The van der Waals surface area contributed by atoms with Gasteiger partial charge in [-0.1, -0.05) is 6.07 Å². The second kappa shape index (κ2) is 3.34. The fourth-order valence-corrected chi connectivity index (χ4v) is 1.78. The zero-order valence-electron chi connectivity index (χ0n) is 7.12. The summed E-state index contributed by atoms with van der Waals surface area (Å²) in [6.45, 7) is 0. The number of carbonyl (C=O) groups excluding carboxylic acids is 1. The van der Waals surface area contributed by atoms with Gasteiger partial charge in [0.2, 0.25) is 0 Å². The SMILES string of the molecule is O=C1OC(C(F)(F)F)N=C1c1cccs1. The standard InChI is InChI=1S/C8H4F3NO2S/c9-8(10,11)7-12-5(6(13)14-7)4-2-1-3-15-4/h1-3,7H. The molecule has 80 valence electrons. The minimum absolute atomic E-state index is 0.257. The van der Waals surface area contributed by atoms with Crippen LogP contribution in [0.1, 0.15) is 4.88 Å². The Bertz CT molecular complexity index is 410. The average molecular weight is 235 g/mol. The second-order valence-corrected chi connectivity index (χ2v) is 3.70. The molecule has 2 heterocycles. The first-order chi connectivity index (χ1) is 6.98. The van der Waals surface area contributed by atoms with E-state index >= 15 is 0 Å². The Morgan fingerprint density at radius 2 is 2.20 bits per heavy atom. The predicted octanol–water partition coefficient (Wildman–Crippen LogP) is 1.98. The number of carbonyl (C=O) groups is 1. The van der Waals surface area contributed by atoms with Crippen LogP contribution in [0.5, 0.6) is 0 Å². The highest BCUT2D eigenvalue weighted by atomic mass is 32.1. The van der Waals surface area contributed by atoms with Crippen LogP contribution in [-0.4, -0.2) is 24.1 Å². The maximum absolute atomic E-state index is 12.2. The van der Waals surface area contributed by atoms with E-state index in [1.807, 2.05) is 0 Å². The first-order valence-electron chi connectivity index (χ1n) is 3.88. The molecule has 1 aromatic rings. The molecule has 2 rings (SSSR count). The lowest BCUT2D eigenvalue weighted by Crippen LogP contribution is -2.27. The van der Waals surface area contributed by atoms with E-state index in [0.29, 0.717) is 4.88 Å². The molecule has 1 unspecified atom stereocenters. The monoisotopic (exact) mass is 235 g/mol. The number of hydrogen-bond donors (Lipinski definition) is 0. The number of hydrogen-bond acceptors (Lipinski definition) is 4. The lowest BCUT2D eigenvalue weighted by Gasteiger charge is -2.09. The van der Waals surface area contributed by atoms with Crippen molar-refractivity contribution in [2.24, 2.45) is 4.99 Å². The van der Waals surface area contributed by atoms with Gasteiger partial charge in [-0.05, 0) is 11.4 Å². The summed E-state index contributed by atoms with van der Waals surface area (Å²) in [4.78, 5) is 14.7. The number of cyclic esters (lactones) is 1. The number of rotatable bonds is 1. The van der Waals surface area contributed by atoms with Crippen LogP contribution >= 0.6 is 11.3 Å². The number of halogens is 3. The van der Waals surface area contributed by atoms with Gasteiger partial charge in [0.25, 0.3) is 6.23 Å². The Labute approximate surface area is 86.2 Å². The summed E-state index contributed by atoms with van der Waals surface area (Å²) in [6.07, 6.45) is -7.00. The number of nitrogens with zero attached hydrogens (tertiary/aromatic N) is 1. The summed E-state index contributed by atoms with van der Waals surface area (Å²) < 4.78 is 40.6. The molecular formula is C8H4F3NO2S. The van der Waals surface area contributed by atoms with E-state index in [9.17, 15) is 18.0 Å². The highest BCUT2D eigenvalue weighted by molar-refractivity contribution is 7.13. The van der Waals surface area contributed by atoms with E-state index in [4.69, 9.17) is 0 Å². The van der Waals surface area contributed by atoms with E-state index in [-0.39, 0.29) is 5.71 Å². The van der Waals surface area contributed by atoms with Gasteiger partial charge < -0.3 is 4.74 Å².